The first-order valence-electron chi connectivity index (χ1n) is 16.8. The molecule has 2 amide bonds. The summed E-state index contributed by atoms with van der Waals surface area (Å²) in [6.45, 7) is 3.94. The average Bonchev–Trinajstić information content (AvgIpc) is 3.56. The van der Waals surface area contributed by atoms with Crippen LogP contribution < -0.4 is 5.32 Å². The lowest BCUT2D eigenvalue weighted by Gasteiger charge is -2.36. The summed E-state index contributed by atoms with van der Waals surface area (Å²) in [5.74, 6) is -3.20. The summed E-state index contributed by atoms with van der Waals surface area (Å²) < 4.78 is 106. The van der Waals surface area contributed by atoms with Crippen LogP contribution >= 0.6 is 0 Å². The maximum atomic E-state index is 15.2. The molecular formula is C35H38F6N6O5. The van der Waals surface area contributed by atoms with Crippen molar-refractivity contribution < 1.29 is 49.8 Å². The molecule has 1 aliphatic carbocycles. The molecule has 2 aromatic heterocycles. The number of fused-ring (bicyclic) bond motifs is 5. The van der Waals surface area contributed by atoms with Crippen LogP contribution in [0.2, 0.25) is 0 Å². The van der Waals surface area contributed by atoms with Gasteiger partial charge in [-0.15, -0.1) is 10.2 Å². The number of hydrogen-bond donors (Lipinski definition) is 1. The number of anilines is 1. The first kappa shape index (κ1) is 38.5. The van der Waals surface area contributed by atoms with Crippen molar-refractivity contribution in [1.82, 2.24) is 20.1 Å². The van der Waals surface area contributed by atoms with E-state index in [1.165, 1.54) is 25.7 Å². The van der Waals surface area contributed by atoms with Crippen molar-refractivity contribution in [2.75, 3.05) is 11.9 Å². The number of aromatic nitrogens is 3. The van der Waals surface area contributed by atoms with Gasteiger partial charge >= 0.3 is 18.4 Å². The van der Waals surface area contributed by atoms with Crippen LogP contribution in [0.4, 0.5) is 36.8 Å². The molecule has 0 spiro atoms. The maximum Gasteiger partial charge on any atom is 0.426 e. The molecule has 17 heteroatoms. The Hall–Kier alpha value is -4.72. The number of benzene rings is 1. The summed E-state index contributed by atoms with van der Waals surface area (Å²) >= 11 is 0. The number of rotatable bonds is 5. The highest BCUT2D eigenvalue weighted by atomic mass is 19.4. The Bertz CT molecular complexity index is 1780. The molecule has 0 unspecified atom stereocenters. The van der Waals surface area contributed by atoms with Gasteiger partial charge in [0.1, 0.15) is 11.3 Å². The molecule has 3 aromatic rings. The number of hydrogen-bond acceptors (Lipinski definition) is 9. The lowest BCUT2D eigenvalue weighted by atomic mass is 9.86. The van der Waals surface area contributed by atoms with Gasteiger partial charge in [-0.3, -0.25) is 10.1 Å². The average molecular weight is 737 g/mol. The van der Waals surface area contributed by atoms with Crippen molar-refractivity contribution in [3.8, 4) is 17.7 Å². The van der Waals surface area contributed by atoms with Gasteiger partial charge < -0.3 is 18.8 Å². The lowest BCUT2D eigenvalue weighted by molar-refractivity contribution is -0.300. The topological polar surface area (TPSA) is 143 Å². The highest BCUT2D eigenvalue weighted by molar-refractivity contribution is 5.97. The van der Waals surface area contributed by atoms with Crippen LogP contribution in [0.1, 0.15) is 99.6 Å². The number of carbonyl (C=O) groups is 2. The molecule has 1 aromatic carbocycles. The summed E-state index contributed by atoms with van der Waals surface area (Å²) in [7, 11) is 0. The van der Waals surface area contributed by atoms with E-state index in [9.17, 15) is 28.0 Å². The van der Waals surface area contributed by atoms with Crippen LogP contribution in [0.3, 0.4) is 0 Å². The lowest BCUT2D eigenvalue weighted by Crippen LogP contribution is -2.45. The third-order valence-electron chi connectivity index (χ3n) is 8.93. The highest BCUT2D eigenvalue weighted by Gasteiger charge is 2.61. The van der Waals surface area contributed by atoms with Gasteiger partial charge in [0.15, 0.2) is 5.69 Å². The SMILES string of the molecule is CC(C)(C)OC(=O)Nc1cc(C(F)(F)F)c2nc1-c1nnc(o1)[C@@](OCc1ccccc1)(C(F)(F)F)CCCCCN([C@H]1CC[C@H](C#N)CC1)C2=O. The molecule has 1 N–H and O–H groups in total. The van der Waals surface area contributed by atoms with Crippen LogP contribution in [0.15, 0.2) is 40.8 Å². The minimum absolute atomic E-state index is 0.0881. The van der Waals surface area contributed by atoms with Gasteiger partial charge in [-0.25, -0.2) is 9.78 Å². The number of carbonyl (C=O) groups excluding carboxylic acids is 2. The minimum Gasteiger partial charge on any atom is -0.444 e. The Kier molecular flexibility index (Phi) is 11.2. The molecule has 1 saturated carbocycles. The molecule has 4 bridgehead atoms. The molecule has 1 aliphatic heterocycles. The van der Waals surface area contributed by atoms with Gasteiger partial charge in [-0.05, 0) is 77.3 Å². The van der Waals surface area contributed by atoms with Crippen LogP contribution in [0.25, 0.3) is 11.6 Å². The van der Waals surface area contributed by atoms with Crippen molar-refractivity contribution in [3.63, 3.8) is 0 Å². The maximum absolute atomic E-state index is 15.2. The Balaban J connectivity index is 1.69. The van der Waals surface area contributed by atoms with Crippen LogP contribution in [0.5, 0.6) is 0 Å². The van der Waals surface area contributed by atoms with Gasteiger partial charge in [0.25, 0.3) is 17.7 Å². The second-order valence-corrected chi connectivity index (χ2v) is 13.9. The zero-order valence-corrected chi connectivity index (χ0v) is 28.7. The number of ether oxygens (including phenoxy) is 2. The highest BCUT2D eigenvalue weighted by Crippen LogP contribution is 2.47. The third-order valence-corrected chi connectivity index (χ3v) is 8.93. The van der Waals surface area contributed by atoms with E-state index in [1.54, 1.807) is 30.3 Å². The second kappa shape index (κ2) is 15.1. The number of pyridine rings is 1. The molecule has 1 atom stereocenters. The van der Waals surface area contributed by atoms with Crippen molar-refractivity contribution in [3.05, 3.63) is 59.1 Å². The molecule has 2 aliphatic rings. The van der Waals surface area contributed by atoms with Gasteiger partial charge in [0, 0.05) is 18.5 Å². The van der Waals surface area contributed by atoms with Crippen molar-refractivity contribution in [2.45, 2.75) is 108 Å². The van der Waals surface area contributed by atoms with Gasteiger partial charge in [0.05, 0.1) is 23.9 Å². The number of nitriles is 1. The van der Waals surface area contributed by atoms with Crippen molar-refractivity contribution >= 4 is 17.7 Å². The number of amides is 2. The summed E-state index contributed by atoms with van der Waals surface area (Å²) in [6.07, 6.45) is -10.5. The molecule has 11 nitrogen and oxygen atoms in total. The summed E-state index contributed by atoms with van der Waals surface area (Å²) in [5, 5.41) is 19.0. The first-order valence-corrected chi connectivity index (χ1v) is 16.8. The van der Waals surface area contributed by atoms with Crippen LogP contribution in [-0.4, -0.2) is 56.4 Å². The smallest absolute Gasteiger partial charge is 0.426 e. The predicted octanol–water partition coefficient (Wildman–Crippen LogP) is 8.57. The van der Waals surface area contributed by atoms with Crippen molar-refractivity contribution in [1.29, 1.82) is 5.26 Å². The van der Waals surface area contributed by atoms with E-state index in [2.05, 4.69) is 26.6 Å². The fourth-order valence-corrected chi connectivity index (χ4v) is 6.35. The monoisotopic (exact) mass is 736 g/mol. The number of halogens is 6. The fourth-order valence-electron chi connectivity index (χ4n) is 6.35. The van der Waals surface area contributed by atoms with E-state index in [4.69, 9.17) is 13.9 Å². The normalized spacial score (nSPS) is 21.9. The van der Waals surface area contributed by atoms with Crippen LogP contribution in [0, 0.1) is 17.2 Å². The van der Waals surface area contributed by atoms with Gasteiger partial charge in [0.2, 0.25) is 5.60 Å². The molecule has 52 heavy (non-hydrogen) atoms. The molecule has 3 heterocycles. The summed E-state index contributed by atoms with van der Waals surface area (Å²) in [4.78, 5) is 32.3. The Morgan fingerprint density at radius 1 is 1.02 bits per heavy atom. The Labute approximate surface area is 295 Å². The second-order valence-electron chi connectivity index (χ2n) is 13.9. The van der Waals surface area contributed by atoms with Gasteiger partial charge in [-0.1, -0.05) is 36.8 Å². The van der Waals surface area contributed by atoms with Crippen molar-refractivity contribution in [2.24, 2.45) is 5.92 Å². The molecule has 280 valence electrons. The molecule has 5 rings (SSSR count). The fraction of sp³-hybridized carbons (Fsp3) is 0.543. The van der Waals surface area contributed by atoms with E-state index in [0.717, 1.165) is 0 Å². The summed E-state index contributed by atoms with van der Waals surface area (Å²) in [6, 6.07) is 10.2. The first-order chi connectivity index (χ1) is 24.4. The van der Waals surface area contributed by atoms with E-state index >= 15 is 13.2 Å². The standard InChI is InChI=1S/C35H38F6N6O5/c1-32(2,3)52-31(49)43-25-18-24(34(36,37)38)26-29(48)47(23-14-12-21(19-42)13-15-23)17-9-5-8-16-33(35(39,40)41,50-20-22-10-6-4-7-11-22)30-46-45-28(51-30)27(25)44-26/h4,6-7,10-11,18,21,23H,5,8-9,12-17,20H2,1-3H3,(H,43,49)/t21-,23-,33-/m1/s1. The minimum atomic E-state index is -5.17. The van der Waals surface area contributed by atoms with E-state index in [-0.39, 0.29) is 31.7 Å². The number of nitrogens with one attached hydrogen (secondary N) is 1. The van der Waals surface area contributed by atoms with E-state index < -0.39 is 89.0 Å². The van der Waals surface area contributed by atoms with Crippen LogP contribution in [-0.2, 0) is 27.9 Å². The quantitative estimate of drug-likeness (QED) is 0.255. The van der Waals surface area contributed by atoms with E-state index in [1.807, 2.05) is 0 Å². The summed E-state index contributed by atoms with van der Waals surface area (Å²) in [5.41, 5.74) is -7.79. The van der Waals surface area contributed by atoms with E-state index in [0.29, 0.717) is 37.3 Å². The predicted molar refractivity (Wildman–Crippen MR) is 172 cm³/mol. The molecular weight excluding hydrogens is 698 g/mol. The number of nitrogens with zero attached hydrogens (tertiary/aromatic N) is 5. The molecule has 0 radical (unpaired) electrons. The Morgan fingerprint density at radius 3 is 2.33 bits per heavy atom. The molecule has 1 fully saturated rings. The zero-order chi connectivity index (χ0) is 37.9. The molecule has 0 saturated heterocycles. The largest absolute Gasteiger partial charge is 0.444 e. The Morgan fingerprint density at radius 2 is 1.71 bits per heavy atom. The zero-order valence-electron chi connectivity index (χ0n) is 28.7. The third kappa shape index (κ3) is 8.66. The van der Waals surface area contributed by atoms with Gasteiger partial charge in [-0.2, -0.15) is 31.6 Å². The number of alkyl halides is 6.